The van der Waals surface area contributed by atoms with E-state index in [0.29, 0.717) is 34.1 Å². The Morgan fingerprint density at radius 1 is 1.25 bits per heavy atom. The van der Waals surface area contributed by atoms with Crippen LogP contribution in [0.1, 0.15) is 5.69 Å². The summed E-state index contributed by atoms with van der Waals surface area (Å²) < 4.78 is 25.6. The summed E-state index contributed by atoms with van der Waals surface area (Å²) in [6, 6.07) is 7.93. The van der Waals surface area contributed by atoms with Gasteiger partial charge >= 0.3 is 5.97 Å². The largest absolute Gasteiger partial charge is 0.497 e. The van der Waals surface area contributed by atoms with Crippen LogP contribution in [0.4, 0.5) is 4.39 Å². The third-order valence-corrected chi connectivity index (χ3v) is 3.66. The first kappa shape index (κ1) is 15.8. The van der Waals surface area contributed by atoms with E-state index in [1.165, 1.54) is 36.9 Å². The molecule has 2 heterocycles. The van der Waals surface area contributed by atoms with Gasteiger partial charge in [-0.15, -0.1) is 0 Å². The molecule has 0 aliphatic rings. The molecule has 0 amide bonds. The summed E-state index contributed by atoms with van der Waals surface area (Å²) in [5.74, 6) is -0.415. The van der Waals surface area contributed by atoms with Crippen molar-refractivity contribution in [3.05, 3.63) is 48.0 Å². The number of rotatable bonds is 5. The Bertz CT molecular complexity index is 920. The van der Waals surface area contributed by atoms with Crippen LogP contribution in [-0.2, 0) is 11.2 Å². The predicted molar refractivity (Wildman–Crippen MR) is 85.0 cm³/mol. The molecule has 0 atom stereocenters. The van der Waals surface area contributed by atoms with Crippen molar-refractivity contribution < 1.29 is 23.8 Å². The number of aliphatic carboxylic acids is 1. The topological polar surface area (TPSA) is 73.1 Å². The molecule has 24 heavy (non-hydrogen) atoms. The van der Waals surface area contributed by atoms with Crippen LogP contribution < -0.4 is 9.47 Å². The third kappa shape index (κ3) is 2.76. The molecule has 0 aliphatic heterocycles. The molecule has 0 fully saturated rings. The zero-order valence-electron chi connectivity index (χ0n) is 13.1. The molecule has 0 spiro atoms. The number of carbonyl (C=O) groups is 1. The second-order valence-electron chi connectivity index (χ2n) is 5.12. The summed E-state index contributed by atoms with van der Waals surface area (Å²) in [6.07, 6.45) is 0.914. The van der Waals surface area contributed by atoms with Crippen molar-refractivity contribution in [2.75, 3.05) is 14.2 Å². The van der Waals surface area contributed by atoms with Gasteiger partial charge in [-0.25, -0.2) is 9.37 Å². The molecule has 124 valence electrons. The van der Waals surface area contributed by atoms with E-state index in [2.05, 4.69) is 4.98 Å². The van der Waals surface area contributed by atoms with Gasteiger partial charge in [-0.1, -0.05) is 0 Å². The highest BCUT2D eigenvalue weighted by Gasteiger charge is 2.20. The minimum Gasteiger partial charge on any atom is -0.497 e. The number of hydrogen-bond donors (Lipinski definition) is 1. The highest BCUT2D eigenvalue weighted by Crippen LogP contribution is 2.35. The van der Waals surface area contributed by atoms with E-state index in [0.717, 1.165) is 0 Å². The number of benzene rings is 1. The molecule has 0 aliphatic carbocycles. The average Bonchev–Trinajstić information content (AvgIpc) is 2.91. The number of halogens is 1. The zero-order chi connectivity index (χ0) is 17.3. The van der Waals surface area contributed by atoms with Gasteiger partial charge in [0.25, 0.3) is 0 Å². The van der Waals surface area contributed by atoms with Crippen LogP contribution in [-0.4, -0.2) is 34.7 Å². The number of methoxy groups -OCH3 is 2. The van der Waals surface area contributed by atoms with Crippen molar-refractivity contribution in [1.29, 1.82) is 0 Å². The molecule has 0 unspecified atom stereocenters. The minimum atomic E-state index is -1.04. The molecule has 2 aromatic heterocycles. The Morgan fingerprint density at radius 2 is 2.04 bits per heavy atom. The van der Waals surface area contributed by atoms with Crippen LogP contribution in [0.15, 0.2) is 36.5 Å². The van der Waals surface area contributed by atoms with E-state index in [1.54, 1.807) is 18.2 Å². The fourth-order valence-corrected chi connectivity index (χ4v) is 2.59. The number of nitrogens with zero attached hydrogens (tertiary/aromatic N) is 2. The molecule has 0 saturated carbocycles. The molecule has 0 radical (unpaired) electrons. The highest BCUT2D eigenvalue weighted by molar-refractivity contribution is 5.79. The number of ether oxygens (including phenoxy) is 2. The Hall–Kier alpha value is -3.09. The normalized spacial score (nSPS) is 10.8. The standard InChI is InChI=1S/C17H15FN2O4/c1-23-11-4-5-14(24-2)12(7-11)17-13(8-16(21)22)20-9-10(18)3-6-15(20)19-17/h3-7,9H,8H2,1-2H3,(H,21,22). The van der Waals surface area contributed by atoms with Gasteiger partial charge in [0.1, 0.15) is 23.0 Å². The lowest BCUT2D eigenvalue weighted by Crippen LogP contribution is -2.05. The number of hydrogen-bond acceptors (Lipinski definition) is 4. The van der Waals surface area contributed by atoms with Gasteiger partial charge in [-0.05, 0) is 30.3 Å². The summed E-state index contributed by atoms with van der Waals surface area (Å²) >= 11 is 0. The maximum atomic E-state index is 13.6. The van der Waals surface area contributed by atoms with E-state index in [1.807, 2.05) is 0 Å². The van der Waals surface area contributed by atoms with Gasteiger partial charge < -0.3 is 14.6 Å². The molecule has 1 aromatic carbocycles. The van der Waals surface area contributed by atoms with Crippen LogP contribution in [0.25, 0.3) is 16.9 Å². The average molecular weight is 330 g/mol. The van der Waals surface area contributed by atoms with Gasteiger partial charge in [-0.2, -0.15) is 0 Å². The molecule has 6 nitrogen and oxygen atoms in total. The van der Waals surface area contributed by atoms with Crippen molar-refractivity contribution in [2.45, 2.75) is 6.42 Å². The lowest BCUT2D eigenvalue weighted by Gasteiger charge is -2.10. The van der Waals surface area contributed by atoms with Gasteiger partial charge in [0.05, 0.1) is 32.0 Å². The number of carboxylic acid groups (broad SMARTS) is 1. The van der Waals surface area contributed by atoms with Crippen LogP contribution >= 0.6 is 0 Å². The van der Waals surface area contributed by atoms with E-state index >= 15 is 0 Å². The molecule has 0 saturated heterocycles. The Morgan fingerprint density at radius 3 is 2.71 bits per heavy atom. The smallest absolute Gasteiger partial charge is 0.309 e. The summed E-state index contributed by atoms with van der Waals surface area (Å²) in [6.45, 7) is 0. The fourth-order valence-electron chi connectivity index (χ4n) is 2.59. The molecule has 7 heteroatoms. The number of aromatic nitrogens is 2. The van der Waals surface area contributed by atoms with Crippen molar-refractivity contribution in [1.82, 2.24) is 9.38 Å². The molecule has 0 bridgehead atoms. The first-order chi connectivity index (χ1) is 11.5. The van der Waals surface area contributed by atoms with Crippen LogP contribution in [0.2, 0.25) is 0 Å². The van der Waals surface area contributed by atoms with Gasteiger partial charge in [0.15, 0.2) is 0 Å². The van der Waals surface area contributed by atoms with Crippen molar-refractivity contribution >= 4 is 11.6 Å². The lowest BCUT2D eigenvalue weighted by atomic mass is 10.1. The molecular formula is C17H15FN2O4. The molecule has 3 aromatic rings. The Kier molecular flexibility index (Phi) is 4.07. The lowest BCUT2D eigenvalue weighted by molar-refractivity contribution is -0.136. The quantitative estimate of drug-likeness (QED) is 0.779. The van der Waals surface area contributed by atoms with E-state index < -0.39 is 11.8 Å². The Labute approximate surface area is 137 Å². The van der Waals surface area contributed by atoms with Crippen molar-refractivity contribution in [2.24, 2.45) is 0 Å². The highest BCUT2D eigenvalue weighted by atomic mass is 19.1. The number of fused-ring (bicyclic) bond motifs is 1. The summed E-state index contributed by atoms with van der Waals surface area (Å²) in [4.78, 5) is 15.7. The SMILES string of the molecule is COc1ccc(OC)c(-c2nc3ccc(F)cn3c2CC(=O)O)c1. The predicted octanol–water partition coefficient (Wildman–Crippen LogP) is 2.78. The molecule has 1 N–H and O–H groups in total. The second-order valence-corrected chi connectivity index (χ2v) is 5.12. The first-order valence-electron chi connectivity index (χ1n) is 7.14. The van der Waals surface area contributed by atoms with Crippen LogP contribution in [0.3, 0.4) is 0 Å². The number of imidazole rings is 1. The Balaban J connectivity index is 2.31. The molecular weight excluding hydrogens is 315 g/mol. The van der Waals surface area contributed by atoms with E-state index in [4.69, 9.17) is 9.47 Å². The maximum Gasteiger partial charge on any atom is 0.309 e. The zero-order valence-corrected chi connectivity index (χ0v) is 13.1. The van der Waals surface area contributed by atoms with E-state index in [9.17, 15) is 14.3 Å². The van der Waals surface area contributed by atoms with Crippen molar-refractivity contribution in [3.63, 3.8) is 0 Å². The molecule has 3 rings (SSSR count). The summed E-state index contributed by atoms with van der Waals surface area (Å²) in [5, 5.41) is 9.22. The van der Waals surface area contributed by atoms with E-state index in [-0.39, 0.29) is 6.42 Å². The van der Waals surface area contributed by atoms with Gasteiger partial charge in [0.2, 0.25) is 0 Å². The van der Waals surface area contributed by atoms with Crippen LogP contribution in [0.5, 0.6) is 11.5 Å². The minimum absolute atomic E-state index is 0.305. The number of carboxylic acids is 1. The van der Waals surface area contributed by atoms with Crippen molar-refractivity contribution in [3.8, 4) is 22.8 Å². The first-order valence-corrected chi connectivity index (χ1v) is 7.14. The van der Waals surface area contributed by atoms with Gasteiger partial charge in [-0.3, -0.25) is 9.20 Å². The summed E-state index contributed by atoms with van der Waals surface area (Å²) in [5.41, 5.74) is 1.81. The van der Waals surface area contributed by atoms with Gasteiger partial charge in [0, 0.05) is 11.8 Å². The van der Waals surface area contributed by atoms with Crippen LogP contribution in [0, 0.1) is 5.82 Å². The summed E-state index contributed by atoms with van der Waals surface area (Å²) in [7, 11) is 3.04. The fraction of sp³-hybridized carbons (Fsp3) is 0.176. The third-order valence-electron chi connectivity index (χ3n) is 3.66. The monoisotopic (exact) mass is 330 g/mol. The maximum absolute atomic E-state index is 13.6. The number of pyridine rings is 1. The second kappa shape index (κ2) is 6.19.